The predicted molar refractivity (Wildman–Crippen MR) is 112 cm³/mol. The fraction of sp³-hybridized carbons (Fsp3) is 0.304. The highest BCUT2D eigenvalue weighted by Crippen LogP contribution is 2.31. The molecule has 0 spiro atoms. The van der Waals surface area contributed by atoms with Crippen LogP contribution in [-0.4, -0.2) is 22.6 Å². The van der Waals surface area contributed by atoms with Gasteiger partial charge in [-0.05, 0) is 49.1 Å². The number of halogens is 3. The Morgan fingerprint density at radius 3 is 2.58 bits per heavy atom. The molecule has 1 aromatic heterocycles. The molecule has 0 aliphatic heterocycles. The number of aromatic nitrogens is 2. The summed E-state index contributed by atoms with van der Waals surface area (Å²) in [5.41, 5.74) is 1.24. The van der Waals surface area contributed by atoms with Crippen LogP contribution in [0.3, 0.4) is 0 Å². The van der Waals surface area contributed by atoms with Crippen molar-refractivity contribution in [2.24, 2.45) is 0 Å². The standard InChI is InChI=1S/C23H25F3N4O/c24-23(25,26)20-10-6-9-18(13-20)21(30-22(31)19-15-28-29-16-19)11-4-5-12-27-14-17-7-2-1-3-8-17/h1-3,6-10,13,15-16,21,27H,4-5,11-12,14H2,(H,28,29)(H,30,31)/t21-/m0/s1. The second kappa shape index (κ2) is 10.8. The second-order valence-corrected chi connectivity index (χ2v) is 7.29. The molecule has 0 aliphatic carbocycles. The van der Waals surface area contributed by atoms with E-state index in [-0.39, 0.29) is 5.91 Å². The first kappa shape index (κ1) is 22.6. The largest absolute Gasteiger partial charge is 0.416 e. The Labute approximate surface area is 179 Å². The molecular weight excluding hydrogens is 405 g/mol. The van der Waals surface area contributed by atoms with Crippen LogP contribution in [0.2, 0.25) is 0 Å². The van der Waals surface area contributed by atoms with E-state index in [1.165, 1.54) is 24.0 Å². The van der Waals surface area contributed by atoms with Gasteiger partial charge in [0.2, 0.25) is 0 Å². The molecule has 1 atom stereocenters. The van der Waals surface area contributed by atoms with Crippen LogP contribution in [0.1, 0.15) is 52.4 Å². The van der Waals surface area contributed by atoms with Crippen molar-refractivity contribution < 1.29 is 18.0 Å². The normalized spacial score (nSPS) is 12.5. The summed E-state index contributed by atoms with van der Waals surface area (Å²) in [6, 6.07) is 14.6. The summed E-state index contributed by atoms with van der Waals surface area (Å²) in [7, 11) is 0. The van der Waals surface area contributed by atoms with Crippen molar-refractivity contribution >= 4 is 5.91 Å². The first-order chi connectivity index (χ1) is 14.9. The molecule has 5 nitrogen and oxygen atoms in total. The number of unbranched alkanes of at least 4 members (excludes halogenated alkanes) is 1. The summed E-state index contributed by atoms with van der Waals surface area (Å²) >= 11 is 0. The van der Waals surface area contributed by atoms with Crippen molar-refractivity contribution in [1.29, 1.82) is 0 Å². The fourth-order valence-corrected chi connectivity index (χ4v) is 3.30. The third-order valence-corrected chi connectivity index (χ3v) is 4.95. The van der Waals surface area contributed by atoms with E-state index in [1.807, 2.05) is 30.3 Å². The lowest BCUT2D eigenvalue weighted by Crippen LogP contribution is -2.28. The Bertz CT molecular complexity index is 943. The number of carbonyl (C=O) groups is 1. The zero-order valence-electron chi connectivity index (χ0n) is 17.0. The number of aromatic amines is 1. The summed E-state index contributed by atoms with van der Waals surface area (Å²) in [6.07, 6.45) is 0.505. The molecule has 0 saturated carbocycles. The number of H-pyrrole nitrogens is 1. The zero-order valence-corrected chi connectivity index (χ0v) is 17.0. The highest BCUT2D eigenvalue weighted by Gasteiger charge is 2.31. The minimum atomic E-state index is -4.43. The number of amides is 1. The van der Waals surface area contributed by atoms with E-state index in [9.17, 15) is 18.0 Å². The molecule has 0 unspecified atom stereocenters. The first-order valence-electron chi connectivity index (χ1n) is 10.1. The van der Waals surface area contributed by atoms with Gasteiger partial charge >= 0.3 is 6.18 Å². The number of carbonyl (C=O) groups excluding carboxylic acids is 1. The van der Waals surface area contributed by atoms with Gasteiger partial charge in [-0.1, -0.05) is 42.5 Å². The topological polar surface area (TPSA) is 69.8 Å². The lowest BCUT2D eigenvalue weighted by molar-refractivity contribution is -0.137. The molecule has 1 heterocycles. The molecule has 3 rings (SSSR count). The van der Waals surface area contributed by atoms with Gasteiger partial charge in [-0.3, -0.25) is 9.89 Å². The SMILES string of the molecule is O=C(N[C@@H](CCCCNCc1ccccc1)c1cccc(C(F)(F)F)c1)c1cn[nH]c1. The zero-order chi connectivity index (χ0) is 22.1. The Morgan fingerprint density at radius 2 is 1.87 bits per heavy atom. The van der Waals surface area contributed by atoms with Crippen LogP contribution in [0.5, 0.6) is 0 Å². The molecule has 2 aromatic carbocycles. The van der Waals surface area contributed by atoms with Gasteiger partial charge in [0.05, 0.1) is 23.4 Å². The third kappa shape index (κ3) is 6.96. The maximum Gasteiger partial charge on any atom is 0.416 e. The van der Waals surface area contributed by atoms with Crippen molar-refractivity contribution in [2.75, 3.05) is 6.54 Å². The Kier molecular flexibility index (Phi) is 7.83. The molecule has 8 heteroatoms. The summed E-state index contributed by atoms with van der Waals surface area (Å²) < 4.78 is 39.4. The third-order valence-electron chi connectivity index (χ3n) is 4.95. The van der Waals surface area contributed by atoms with Crippen LogP contribution in [0.25, 0.3) is 0 Å². The van der Waals surface area contributed by atoms with Crippen LogP contribution < -0.4 is 10.6 Å². The van der Waals surface area contributed by atoms with Gasteiger partial charge in [-0.15, -0.1) is 0 Å². The molecule has 3 aromatic rings. The lowest BCUT2D eigenvalue weighted by atomic mass is 9.98. The average Bonchev–Trinajstić information content (AvgIpc) is 3.30. The van der Waals surface area contributed by atoms with Crippen LogP contribution in [-0.2, 0) is 12.7 Å². The molecule has 0 aliphatic rings. The molecule has 0 bridgehead atoms. The molecule has 3 N–H and O–H groups in total. The van der Waals surface area contributed by atoms with Crippen LogP contribution in [0, 0.1) is 0 Å². The number of benzene rings is 2. The van der Waals surface area contributed by atoms with Crippen molar-refractivity contribution in [1.82, 2.24) is 20.8 Å². The summed E-state index contributed by atoms with van der Waals surface area (Å²) in [6.45, 7) is 1.54. The average molecular weight is 430 g/mol. The lowest BCUT2D eigenvalue weighted by Gasteiger charge is -2.20. The van der Waals surface area contributed by atoms with E-state index in [4.69, 9.17) is 0 Å². The Morgan fingerprint density at radius 1 is 1.06 bits per heavy atom. The molecule has 0 saturated heterocycles. The van der Waals surface area contributed by atoms with Gasteiger partial charge in [-0.2, -0.15) is 18.3 Å². The van der Waals surface area contributed by atoms with Crippen LogP contribution in [0.15, 0.2) is 67.0 Å². The predicted octanol–water partition coefficient (Wildman–Crippen LogP) is 4.86. The molecule has 0 radical (unpaired) electrons. The van der Waals surface area contributed by atoms with E-state index in [2.05, 4.69) is 20.8 Å². The van der Waals surface area contributed by atoms with Gasteiger partial charge in [0.15, 0.2) is 0 Å². The quantitative estimate of drug-likeness (QED) is 0.403. The van der Waals surface area contributed by atoms with Crippen molar-refractivity contribution in [3.05, 3.63) is 89.2 Å². The van der Waals surface area contributed by atoms with Crippen LogP contribution >= 0.6 is 0 Å². The summed E-state index contributed by atoms with van der Waals surface area (Å²) in [5.74, 6) is -0.377. The van der Waals surface area contributed by atoms with Crippen molar-refractivity contribution in [3.8, 4) is 0 Å². The van der Waals surface area contributed by atoms with Gasteiger partial charge in [0.25, 0.3) is 5.91 Å². The molecule has 31 heavy (non-hydrogen) atoms. The molecule has 164 valence electrons. The van der Waals surface area contributed by atoms with Crippen molar-refractivity contribution in [3.63, 3.8) is 0 Å². The summed E-state index contributed by atoms with van der Waals surface area (Å²) in [4.78, 5) is 12.5. The van der Waals surface area contributed by atoms with Crippen molar-refractivity contribution in [2.45, 2.75) is 38.0 Å². The van der Waals surface area contributed by atoms with Gasteiger partial charge in [-0.25, -0.2) is 0 Å². The van der Waals surface area contributed by atoms with E-state index >= 15 is 0 Å². The summed E-state index contributed by atoms with van der Waals surface area (Å²) in [5, 5.41) is 12.5. The number of alkyl halides is 3. The van der Waals surface area contributed by atoms with Gasteiger partial charge in [0, 0.05) is 12.7 Å². The highest BCUT2D eigenvalue weighted by atomic mass is 19.4. The number of hydrogen-bond donors (Lipinski definition) is 3. The Balaban J connectivity index is 1.58. The van der Waals surface area contributed by atoms with E-state index in [1.54, 1.807) is 6.07 Å². The van der Waals surface area contributed by atoms with Gasteiger partial charge in [0.1, 0.15) is 0 Å². The van der Waals surface area contributed by atoms with E-state index in [0.29, 0.717) is 17.5 Å². The highest BCUT2D eigenvalue weighted by molar-refractivity contribution is 5.93. The molecule has 1 amide bonds. The van der Waals surface area contributed by atoms with E-state index in [0.717, 1.165) is 38.1 Å². The monoisotopic (exact) mass is 430 g/mol. The maximum absolute atomic E-state index is 13.1. The number of hydrogen-bond acceptors (Lipinski definition) is 3. The van der Waals surface area contributed by atoms with Crippen LogP contribution in [0.4, 0.5) is 13.2 Å². The minimum absolute atomic E-state index is 0.335. The molecule has 0 fully saturated rings. The number of nitrogens with zero attached hydrogens (tertiary/aromatic N) is 1. The smallest absolute Gasteiger partial charge is 0.345 e. The fourth-order valence-electron chi connectivity index (χ4n) is 3.30. The van der Waals surface area contributed by atoms with E-state index < -0.39 is 17.8 Å². The second-order valence-electron chi connectivity index (χ2n) is 7.29. The maximum atomic E-state index is 13.1. The van der Waals surface area contributed by atoms with Gasteiger partial charge < -0.3 is 10.6 Å². The Hall–Kier alpha value is -3.13. The number of nitrogens with one attached hydrogen (secondary N) is 3. The number of rotatable bonds is 10. The first-order valence-corrected chi connectivity index (χ1v) is 10.1. The molecular formula is C23H25F3N4O. The minimum Gasteiger partial charge on any atom is -0.345 e.